The van der Waals surface area contributed by atoms with E-state index >= 15 is 0 Å². The number of esters is 1. The smallest absolute Gasteiger partial charge is 0.306 e. The van der Waals surface area contributed by atoms with E-state index in [9.17, 15) is 9.59 Å². The number of carbonyl (C=O) groups excluding carboxylic acids is 2. The molecule has 1 amide bonds. The Morgan fingerprint density at radius 1 is 1.00 bits per heavy atom. The van der Waals surface area contributed by atoms with Gasteiger partial charge >= 0.3 is 5.97 Å². The van der Waals surface area contributed by atoms with Crippen LogP contribution in [0.2, 0.25) is 5.02 Å². The summed E-state index contributed by atoms with van der Waals surface area (Å²) in [6, 6.07) is 13.3. The van der Waals surface area contributed by atoms with E-state index in [-0.39, 0.29) is 18.9 Å². The van der Waals surface area contributed by atoms with E-state index in [2.05, 4.69) is 4.90 Å². The van der Waals surface area contributed by atoms with Crippen LogP contribution in [-0.2, 0) is 14.3 Å². The lowest BCUT2D eigenvalue weighted by atomic mass is 10.2. The van der Waals surface area contributed by atoms with Crippen LogP contribution in [-0.4, -0.2) is 63.3 Å². The second kappa shape index (κ2) is 11.6. The van der Waals surface area contributed by atoms with Gasteiger partial charge in [-0.2, -0.15) is 0 Å². The van der Waals surface area contributed by atoms with Crippen molar-refractivity contribution in [3.05, 3.63) is 53.1 Å². The first-order valence-electron chi connectivity index (χ1n) is 10.7. The number of benzene rings is 2. The Balaban J connectivity index is 1.31. The molecule has 8 heteroatoms. The SMILES string of the molecule is COc1ccc(N2CCN(C(=O)COC(=O)CCCOc3ccc(Cl)c(C)c3)CC2)cc1. The van der Waals surface area contributed by atoms with Gasteiger partial charge in [-0.05, 0) is 61.4 Å². The molecule has 0 N–H and O–H groups in total. The maximum atomic E-state index is 12.4. The van der Waals surface area contributed by atoms with Crippen molar-refractivity contribution in [3.63, 3.8) is 0 Å². The first-order valence-corrected chi connectivity index (χ1v) is 11.1. The van der Waals surface area contributed by atoms with E-state index in [4.69, 9.17) is 25.8 Å². The zero-order valence-corrected chi connectivity index (χ0v) is 19.3. The maximum absolute atomic E-state index is 12.4. The predicted molar refractivity (Wildman–Crippen MR) is 124 cm³/mol. The van der Waals surface area contributed by atoms with Crippen molar-refractivity contribution in [2.75, 3.05) is 51.4 Å². The molecule has 0 aromatic heterocycles. The highest BCUT2D eigenvalue weighted by atomic mass is 35.5. The fraction of sp³-hybridized carbons (Fsp3) is 0.417. The predicted octanol–water partition coefficient (Wildman–Crippen LogP) is 3.71. The summed E-state index contributed by atoms with van der Waals surface area (Å²) in [4.78, 5) is 28.3. The zero-order chi connectivity index (χ0) is 22.9. The lowest BCUT2D eigenvalue weighted by Crippen LogP contribution is -2.49. The molecule has 1 fully saturated rings. The minimum atomic E-state index is -0.397. The molecule has 0 saturated carbocycles. The van der Waals surface area contributed by atoms with Gasteiger partial charge in [-0.15, -0.1) is 0 Å². The van der Waals surface area contributed by atoms with Gasteiger partial charge in [0.2, 0.25) is 0 Å². The van der Waals surface area contributed by atoms with Crippen LogP contribution in [0.4, 0.5) is 5.69 Å². The van der Waals surface area contributed by atoms with E-state index in [0.29, 0.717) is 36.9 Å². The van der Waals surface area contributed by atoms with Gasteiger partial charge in [0.15, 0.2) is 6.61 Å². The Hall–Kier alpha value is -2.93. The average molecular weight is 461 g/mol. The Kier molecular flexibility index (Phi) is 8.62. The van der Waals surface area contributed by atoms with Gasteiger partial charge in [0.05, 0.1) is 13.7 Å². The van der Waals surface area contributed by atoms with Crippen molar-refractivity contribution >= 4 is 29.2 Å². The third kappa shape index (κ3) is 6.79. The fourth-order valence-electron chi connectivity index (χ4n) is 3.43. The molecule has 32 heavy (non-hydrogen) atoms. The molecule has 172 valence electrons. The van der Waals surface area contributed by atoms with Crippen LogP contribution in [0.3, 0.4) is 0 Å². The van der Waals surface area contributed by atoms with Crippen molar-refractivity contribution in [3.8, 4) is 11.5 Å². The van der Waals surface area contributed by atoms with E-state index in [1.165, 1.54) is 0 Å². The van der Waals surface area contributed by atoms with Crippen LogP contribution in [0.25, 0.3) is 0 Å². The topological polar surface area (TPSA) is 68.3 Å². The standard InChI is InChI=1S/C24H29ClN2O5/c1-18-16-21(9-10-22(18)25)31-15-3-4-24(29)32-17-23(28)27-13-11-26(12-14-27)19-5-7-20(30-2)8-6-19/h5-10,16H,3-4,11-15,17H2,1-2H3. The number of nitrogens with zero attached hydrogens (tertiary/aromatic N) is 2. The lowest BCUT2D eigenvalue weighted by Gasteiger charge is -2.36. The summed E-state index contributed by atoms with van der Waals surface area (Å²) in [5, 5.41) is 0.688. The molecule has 7 nitrogen and oxygen atoms in total. The van der Waals surface area contributed by atoms with Crippen LogP contribution in [0.15, 0.2) is 42.5 Å². The minimum absolute atomic E-state index is 0.166. The van der Waals surface area contributed by atoms with Gasteiger partial charge in [0.1, 0.15) is 11.5 Å². The first-order chi connectivity index (χ1) is 15.5. The maximum Gasteiger partial charge on any atom is 0.306 e. The molecular formula is C24H29ClN2O5. The summed E-state index contributed by atoms with van der Waals surface area (Å²) >= 11 is 5.99. The lowest BCUT2D eigenvalue weighted by molar-refractivity contribution is -0.152. The monoisotopic (exact) mass is 460 g/mol. The largest absolute Gasteiger partial charge is 0.497 e. The Morgan fingerprint density at radius 3 is 2.34 bits per heavy atom. The van der Waals surface area contributed by atoms with Crippen LogP contribution < -0.4 is 14.4 Å². The van der Waals surface area contributed by atoms with Gasteiger partial charge < -0.3 is 24.0 Å². The average Bonchev–Trinajstić information content (AvgIpc) is 2.82. The van der Waals surface area contributed by atoms with Gasteiger partial charge in [0, 0.05) is 43.3 Å². The van der Waals surface area contributed by atoms with Gasteiger partial charge in [0.25, 0.3) is 5.91 Å². The quantitative estimate of drug-likeness (QED) is 0.420. The van der Waals surface area contributed by atoms with Gasteiger partial charge in [-0.25, -0.2) is 0 Å². The second-order valence-corrected chi connectivity index (χ2v) is 8.00. The molecule has 0 spiro atoms. The number of halogens is 1. The number of piperazine rings is 1. The number of hydrogen-bond donors (Lipinski definition) is 0. The number of rotatable bonds is 9. The highest BCUT2D eigenvalue weighted by Gasteiger charge is 2.22. The third-order valence-electron chi connectivity index (χ3n) is 5.35. The first kappa shape index (κ1) is 23.7. The minimum Gasteiger partial charge on any atom is -0.497 e. The number of anilines is 1. The second-order valence-electron chi connectivity index (χ2n) is 7.59. The normalized spacial score (nSPS) is 13.6. The summed E-state index contributed by atoms with van der Waals surface area (Å²) in [5.41, 5.74) is 2.03. The van der Waals surface area contributed by atoms with Gasteiger partial charge in [-0.3, -0.25) is 9.59 Å². The van der Waals surface area contributed by atoms with Crippen LogP contribution in [0, 0.1) is 6.92 Å². The molecule has 3 rings (SSSR count). The number of hydrogen-bond acceptors (Lipinski definition) is 6. The van der Waals surface area contributed by atoms with E-state index in [0.717, 1.165) is 30.1 Å². The number of aryl methyl sites for hydroxylation is 1. The summed E-state index contributed by atoms with van der Waals surface area (Å²) in [6.07, 6.45) is 0.709. The van der Waals surface area contributed by atoms with E-state index in [1.54, 1.807) is 24.1 Å². The number of carbonyl (C=O) groups is 2. The van der Waals surface area contributed by atoms with E-state index in [1.807, 2.05) is 37.3 Å². The Labute approximate surface area is 193 Å². The van der Waals surface area contributed by atoms with E-state index < -0.39 is 5.97 Å². The molecular weight excluding hydrogens is 432 g/mol. The highest BCUT2D eigenvalue weighted by Crippen LogP contribution is 2.22. The zero-order valence-electron chi connectivity index (χ0n) is 18.5. The highest BCUT2D eigenvalue weighted by molar-refractivity contribution is 6.31. The summed E-state index contributed by atoms with van der Waals surface area (Å²) in [5.74, 6) is 0.965. The Bertz CT molecular complexity index is 911. The van der Waals surface area contributed by atoms with Crippen LogP contribution >= 0.6 is 11.6 Å². The van der Waals surface area contributed by atoms with Crippen molar-refractivity contribution in [2.45, 2.75) is 19.8 Å². The van der Waals surface area contributed by atoms with Crippen LogP contribution in [0.1, 0.15) is 18.4 Å². The molecule has 0 atom stereocenters. The molecule has 1 saturated heterocycles. The summed E-state index contributed by atoms with van der Waals surface area (Å²) in [6.45, 7) is 4.72. The summed E-state index contributed by atoms with van der Waals surface area (Å²) in [7, 11) is 1.64. The number of methoxy groups -OCH3 is 1. The molecule has 1 aliphatic heterocycles. The van der Waals surface area contributed by atoms with Crippen molar-refractivity contribution < 1.29 is 23.8 Å². The molecule has 1 aliphatic rings. The summed E-state index contributed by atoms with van der Waals surface area (Å²) < 4.78 is 16.0. The molecule has 2 aromatic carbocycles. The van der Waals surface area contributed by atoms with Crippen LogP contribution in [0.5, 0.6) is 11.5 Å². The van der Waals surface area contributed by atoms with Crippen molar-refractivity contribution in [1.29, 1.82) is 0 Å². The molecule has 0 aliphatic carbocycles. The molecule has 0 unspecified atom stereocenters. The number of amides is 1. The fourth-order valence-corrected chi connectivity index (χ4v) is 3.54. The molecule has 0 radical (unpaired) electrons. The Morgan fingerprint density at radius 2 is 1.69 bits per heavy atom. The van der Waals surface area contributed by atoms with Crippen molar-refractivity contribution in [2.24, 2.45) is 0 Å². The third-order valence-corrected chi connectivity index (χ3v) is 5.77. The number of ether oxygens (including phenoxy) is 3. The molecule has 2 aromatic rings. The van der Waals surface area contributed by atoms with Gasteiger partial charge in [-0.1, -0.05) is 11.6 Å². The van der Waals surface area contributed by atoms with Crippen molar-refractivity contribution in [1.82, 2.24) is 4.90 Å². The molecule has 1 heterocycles. The molecule has 0 bridgehead atoms.